The highest BCUT2D eigenvalue weighted by molar-refractivity contribution is 5.92. The van der Waals surface area contributed by atoms with Crippen LogP contribution in [0.25, 0.3) is 0 Å². The number of nitrogens with one attached hydrogen (secondary N) is 1. The van der Waals surface area contributed by atoms with Gasteiger partial charge in [0.05, 0.1) is 6.04 Å². The third-order valence-corrected chi connectivity index (χ3v) is 4.41. The zero-order valence-corrected chi connectivity index (χ0v) is 15.5. The zero-order valence-electron chi connectivity index (χ0n) is 15.5. The average molecular weight is 361 g/mol. The molecule has 27 heavy (non-hydrogen) atoms. The topological polar surface area (TPSA) is 71.0 Å². The molecule has 0 aliphatic rings. The number of carbonyl (C=O) groups is 1. The van der Waals surface area contributed by atoms with Crippen LogP contribution in [0.2, 0.25) is 0 Å². The number of likely N-dealkylation sites (N-methyl/N-ethyl adjacent to an activating group) is 1. The molecule has 0 saturated carbocycles. The van der Waals surface area contributed by atoms with Crippen LogP contribution in [0.15, 0.2) is 67.0 Å². The summed E-state index contributed by atoms with van der Waals surface area (Å²) in [4.78, 5) is 18.4. The second kappa shape index (κ2) is 8.89. The molecule has 2 heterocycles. The molecule has 0 aliphatic heterocycles. The van der Waals surface area contributed by atoms with Gasteiger partial charge in [0.15, 0.2) is 11.5 Å². The predicted molar refractivity (Wildman–Crippen MR) is 106 cm³/mol. The number of carbonyl (C=O) groups excluding carboxylic acids is 1. The summed E-state index contributed by atoms with van der Waals surface area (Å²) in [6.45, 7) is 2.75. The summed E-state index contributed by atoms with van der Waals surface area (Å²) in [5, 5.41) is 11.2. The third kappa shape index (κ3) is 5.10. The van der Waals surface area contributed by atoms with Gasteiger partial charge >= 0.3 is 0 Å². The van der Waals surface area contributed by atoms with Crippen LogP contribution in [0, 0.1) is 0 Å². The van der Waals surface area contributed by atoms with Crippen molar-refractivity contribution in [3.05, 3.63) is 83.8 Å². The summed E-state index contributed by atoms with van der Waals surface area (Å²) >= 11 is 0. The highest BCUT2D eigenvalue weighted by Crippen LogP contribution is 2.13. The standard InChI is InChI=1S/C21H23N5O/c1-16(18-6-4-3-5-7-18)23-21(27)19-8-9-20(25-24-19)26(2)15-12-17-10-13-22-14-11-17/h3-11,13-14,16H,12,15H2,1-2H3,(H,23,27). The zero-order chi connectivity index (χ0) is 19.1. The van der Waals surface area contributed by atoms with Gasteiger partial charge in [0.1, 0.15) is 0 Å². The number of nitrogens with zero attached hydrogens (tertiary/aromatic N) is 4. The Bertz CT molecular complexity index is 853. The van der Waals surface area contributed by atoms with E-state index in [1.807, 2.05) is 67.4 Å². The second-order valence-electron chi connectivity index (χ2n) is 6.41. The summed E-state index contributed by atoms with van der Waals surface area (Å²) in [5.41, 5.74) is 2.58. The Hall–Kier alpha value is -3.28. The van der Waals surface area contributed by atoms with E-state index >= 15 is 0 Å². The smallest absolute Gasteiger partial charge is 0.272 e. The lowest BCUT2D eigenvalue weighted by atomic mass is 10.1. The Kier molecular flexibility index (Phi) is 6.10. The highest BCUT2D eigenvalue weighted by atomic mass is 16.2. The molecule has 1 N–H and O–H groups in total. The molecule has 0 spiro atoms. The highest BCUT2D eigenvalue weighted by Gasteiger charge is 2.13. The molecule has 1 aromatic carbocycles. The van der Waals surface area contributed by atoms with E-state index in [4.69, 9.17) is 0 Å². The van der Waals surface area contributed by atoms with Crippen molar-refractivity contribution in [2.24, 2.45) is 0 Å². The number of pyridine rings is 1. The van der Waals surface area contributed by atoms with Gasteiger partial charge in [0.2, 0.25) is 0 Å². The van der Waals surface area contributed by atoms with Gasteiger partial charge in [-0.1, -0.05) is 30.3 Å². The Morgan fingerprint density at radius 2 is 1.78 bits per heavy atom. The van der Waals surface area contributed by atoms with Crippen LogP contribution in [0.5, 0.6) is 0 Å². The van der Waals surface area contributed by atoms with E-state index in [-0.39, 0.29) is 11.9 Å². The van der Waals surface area contributed by atoms with Crippen molar-refractivity contribution in [2.75, 3.05) is 18.5 Å². The fraction of sp³-hybridized carbons (Fsp3) is 0.238. The SMILES string of the molecule is CC(NC(=O)c1ccc(N(C)CCc2ccncc2)nn1)c1ccccc1. The molecule has 6 nitrogen and oxygen atoms in total. The quantitative estimate of drug-likeness (QED) is 0.700. The number of hydrogen-bond acceptors (Lipinski definition) is 5. The molecule has 1 atom stereocenters. The fourth-order valence-electron chi connectivity index (χ4n) is 2.71. The first-order valence-corrected chi connectivity index (χ1v) is 8.93. The molecule has 0 radical (unpaired) electrons. The van der Waals surface area contributed by atoms with Crippen LogP contribution in [-0.4, -0.2) is 34.7 Å². The first kappa shape index (κ1) is 18.5. The van der Waals surface area contributed by atoms with Gasteiger partial charge in [-0.15, -0.1) is 10.2 Å². The maximum absolute atomic E-state index is 12.4. The minimum absolute atomic E-state index is 0.0942. The number of rotatable bonds is 7. The van der Waals surface area contributed by atoms with E-state index in [1.165, 1.54) is 5.56 Å². The van der Waals surface area contributed by atoms with Crippen LogP contribution in [-0.2, 0) is 6.42 Å². The molecule has 1 unspecified atom stereocenters. The lowest BCUT2D eigenvalue weighted by Gasteiger charge is -2.18. The monoisotopic (exact) mass is 361 g/mol. The summed E-state index contributed by atoms with van der Waals surface area (Å²) < 4.78 is 0. The van der Waals surface area contributed by atoms with Gasteiger partial charge in [-0.25, -0.2) is 0 Å². The summed E-state index contributed by atoms with van der Waals surface area (Å²) in [6, 6.07) is 17.3. The van der Waals surface area contributed by atoms with Crippen LogP contribution in [0.4, 0.5) is 5.82 Å². The van der Waals surface area contributed by atoms with E-state index < -0.39 is 0 Å². The van der Waals surface area contributed by atoms with Crippen molar-refractivity contribution >= 4 is 11.7 Å². The fourth-order valence-corrected chi connectivity index (χ4v) is 2.71. The number of aromatic nitrogens is 3. The summed E-state index contributed by atoms with van der Waals surface area (Å²) in [5.74, 6) is 0.501. The lowest BCUT2D eigenvalue weighted by Crippen LogP contribution is -2.28. The minimum atomic E-state index is -0.232. The second-order valence-corrected chi connectivity index (χ2v) is 6.41. The number of benzene rings is 1. The lowest BCUT2D eigenvalue weighted by molar-refractivity contribution is 0.0934. The molecule has 0 saturated heterocycles. The largest absolute Gasteiger partial charge is 0.358 e. The Balaban J connectivity index is 1.56. The van der Waals surface area contributed by atoms with E-state index in [2.05, 4.69) is 20.5 Å². The molecule has 1 amide bonds. The predicted octanol–water partition coefficient (Wildman–Crippen LogP) is 3.04. The van der Waals surface area contributed by atoms with E-state index in [0.29, 0.717) is 5.69 Å². The number of amides is 1. The van der Waals surface area contributed by atoms with Crippen molar-refractivity contribution in [1.29, 1.82) is 0 Å². The molecule has 0 aliphatic carbocycles. The van der Waals surface area contributed by atoms with Crippen molar-refractivity contribution in [3.8, 4) is 0 Å². The third-order valence-electron chi connectivity index (χ3n) is 4.41. The van der Waals surface area contributed by atoms with Crippen molar-refractivity contribution in [1.82, 2.24) is 20.5 Å². The van der Waals surface area contributed by atoms with Crippen LogP contribution in [0.1, 0.15) is 34.6 Å². The first-order chi connectivity index (χ1) is 13.1. The first-order valence-electron chi connectivity index (χ1n) is 8.93. The van der Waals surface area contributed by atoms with Gasteiger partial charge in [-0.2, -0.15) is 0 Å². The van der Waals surface area contributed by atoms with Crippen molar-refractivity contribution in [2.45, 2.75) is 19.4 Å². The van der Waals surface area contributed by atoms with Gasteiger partial charge in [-0.05, 0) is 48.7 Å². The maximum Gasteiger partial charge on any atom is 0.272 e. The molecule has 2 aromatic heterocycles. The Morgan fingerprint density at radius 3 is 2.44 bits per heavy atom. The normalized spacial score (nSPS) is 11.6. The summed E-state index contributed by atoms with van der Waals surface area (Å²) in [6.07, 6.45) is 4.47. The molecule has 3 aromatic rings. The van der Waals surface area contributed by atoms with Crippen LogP contribution < -0.4 is 10.2 Å². The molecule has 0 bridgehead atoms. The van der Waals surface area contributed by atoms with Gasteiger partial charge < -0.3 is 10.2 Å². The molecular formula is C21H23N5O. The molecular weight excluding hydrogens is 338 g/mol. The average Bonchev–Trinajstić information content (AvgIpc) is 2.73. The van der Waals surface area contributed by atoms with Crippen LogP contribution >= 0.6 is 0 Å². The van der Waals surface area contributed by atoms with Crippen LogP contribution in [0.3, 0.4) is 0 Å². The van der Waals surface area contributed by atoms with E-state index in [0.717, 1.165) is 24.3 Å². The number of hydrogen-bond donors (Lipinski definition) is 1. The molecule has 0 fully saturated rings. The summed E-state index contributed by atoms with van der Waals surface area (Å²) in [7, 11) is 1.96. The van der Waals surface area contributed by atoms with Gasteiger partial charge in [0.25, 0.3) is 5.91 Å². The Morgan fingerprint density at radius 1 is 1.04 bits per heavy atom. The Labute approximate surface area is 159 Å². The minimum Gasteiger partial charge on any atom is -0.358 e. The molecule has 3 rings (SSSR count). The molecule has 6 heteroatoms. The van der Waals surface area contributed by atoms with Gasteiger partial charge in [0, 0.05) is 26.0 Å². The van der Waals surface area contributed by atoms with E-state index in [1.54, 1.807) is 18.5 Å². The number of anilines is 1. The van der Waals surface area contributed by atoms with Gasteiger partial charge in [-0.3, -0.25) is 9.78 Å². The maximum atomic E-state index is 12.4. The van der Waals surface area contributed by atoms with E-state index in [9.17, 15) is 4.79 Å². The van der Waals surface area contributed by atoms with Crippen molar-refractivity contribution in [3.63, 3.8) is 0 Å². The molecule has 138 valence electrons. The van der Waals surface area contributed by atoms with Crippen molar-refractivity contribution < 1.29 is 4.79 Å².